The summed E-state index contributed by atoms with van der Waals surface area (Å²) in [6.45, 7) is 4.24. The molecule has 0 fully saturated rings. The Labute approximate surface area is 126 Å². The molecule has 0 spiro atoms. The molecule has 0 atom stereocenters. The molecule has 5 nitrogen and oxygen atoms in total. The van der Waals surface area contributed by atoms with Crippen LogP contribution < -0.4 is 5.32 Å². The Morgan fingerprint density at radius 3 is 2.86 bits per heavy atom. The van der Waals surface area contributed by atoms with E-state index in [1.807, 2.05) is 13.8 Å². The van der Waals surface area contributed by atoms with Crippen LogP contribution in [0.2, 0.25) is 0 Å². The monoisotopic (exact) mass is 309 g/mol. The summed E-state index contributed by atoms with van der Waals surface area (Å²) in [5.41, 5.74) is 0.544. The molecule has 0 aliphatic heterocycles. The van der Waals surface area contributed by atoms with Gasteiger partial charge < -0.3 is 4.74 Å². The molecule has 0 unspecified atom stereocenters. The molecule has 112 valence electrons. The average molecular weight is 309 g/mol. The number of hydrogen-bond donors (Lipinski definition) is 1. The molecule has 21 heavy (non-hydrogen) atoms. The summed E-state index contributed by atoms with van der Waals surface area (Å²) in [5, 5.41) is 11.3. The van der Waals surface area contributed by atoms with Crippen molar-refractivity contribution in [1.82, 2.24) is 10.2 Å². The summed E-state index contributed by atoms with van der Waals surface area (Å²) in [4.78, 5) is 11.5. The quantitative estimate of drug-likeness (QED) is 0.918. The molecule has 1 heterocycles. The number of ether oxygens (including phenoxy) is 1. The first kappa shape index (κ1) is 15.4. The second-order valence-electron chi connectivity index (χ2n) is 4.89. The van der Waals surface area contributed by atoms with Gasteiger partial charge in [-0.2, -0.15) is 0 Å². The molecule has 0 saturated carbocycles. The van der Waals surface area contributed by atoms with E-state index in [2.05, 4.69) is 15.5 Å². The molecule has 1 aromatic heterocycles. The van der Waals surface area contributed by atoms with Crippen molar-refractivity contribution in [2.24, 2.45) is 5.92 Å². The number of anilines is 1. The Kier molecular flexibility index (Phi) is 5.21. The van der Waals surface area contributed by atoms with Gasteiger partial charge in [-0.1, -0.05) is 43.4 Å². The number of amides is 1. The molecule has 2 rings (SSSR count). The summed E-state index contributed by atoms with van der Waals surface area (Å²) in [6.07, 6.45) is -0.218. The third kappa shape index (κ3) is 4.78. The zero-order valence-electron chi connectivity index (χ0n) is 11.8. The average Bonchev–Trinajstić information content (AvgIpc) is 2.86. The number of halogens is 1. The van der Waals surface area contributed by atoms with Gasteiger partial charge in [0.25, 0.3) is 0 Å². The lowest BCUT2D eigenvalue weighted by atomic mass is 10.1. The highest BCUT2D eigenvalue weighted by molar-refractivity contribution is 7.15. The van der Waals surface area contributed by atoms with E-state index in [1.165, 1.54) is 17.4 Å². The molecule has 0 radical (unpaired) electrons. The number of carbonyl (C=O) groups is 1. The Bertz CT molecular complexity index is 616. The van der Waals surface area contributed by atoms with Crippen LogP contribution in [-0.2, 0) is 11.2 Å². The number of carbonyl (C=O) groups excluding carboxylic acids is 1. The summed E-state index contributed by atoms with van der Waals surface area (Å²) in [5.74, 6) is -0.0136. The lowest BCUT2D eigenvalue weighted by Crippen LogP contribution is -2.16. The summed E-state index contributed by atoms with van der Waals surface area (Å²) in [7, 11) is 0. The minimum atomic E-state index is -0.558. The van der Waals surface area contributed by atoms with Gasteiger partial charge in [0.15, 0.2) is 0 Å². The van der Waals surface area contributed by atoms with Gasteiger partial charge in [-0.25, -0.2) is 9.18 Å². The highest BCUT2D eigenvalue weighted by Gasteiger charge is 2.11. The third-order valence-electron chi connectivity index (χ3n) is 2.52. The Morgan fingerprint density at radius 2 is 2.14 bits per heavy atom. The normalized spacial score (nSPS) is 10.7. The Balaban J connectivity index is 1.92. The number of benzene rings is 1. The van der Waals surface area contributed by atoms with Crippen molar-refractivity contribution >= 4 is 22.6 Å². The van der Waals surface area contributed by atoms with Crippen LogP contribution in [0.15, 0.2) is 24.3 Å². The van der Waals surface area contributed by atoms with E-state index in [0.717, 1.165) is 0 Å². The first-order chi connectivity index (χ1) is 10.0. The minimum Gasteiger partial charge on any atom is -0.449 e. The summed E-state index contributed by atoms with van der Waals surface area (Å²) < 4.78 is 18.5. The number of nitrogens with one attached hydrogen (secondary N) is 1. The van der Waals surface area contributed by atoms with Crippen LogP contribution in [0.5, 0.6) is 0 Å². The van der Waals surface area contributed by atoms with E-state index in [-0.39, 0.29) is 11.7 Å². The minimum absolute atomic E-state index is 0.266. The molecule has 2 aromatic rings. The smallest absolute Gasteiger partial charge is 0.413 e. The molecule has 7 heteroatoms. The first-order valence-corrected chi connectivity index (χ1v) is 7.36. The predicted octanol–water partition coefficient (Wildman–Crippen LogP) is 3.47. The van der Waals surface area contributed by atoms with Crippen molar-refractivity contribution in [3.63, 3.8) is 0 Å². The van der Waals surface area contributed by atoms with Crippen LogP contribution in [-0.4, -0.2) is 22.9 Å². The van der Waals surface area contributed by atoms with Gasteiger partial charge in [-0.3, -0.25) is 5.32 Å². The van der Waals surface area contributed by atoms with Gasteiger partial charge in [0.1, 0.15) is 10.8 Å². The van der Waals surface area contributed by atoms with Gasteiger partial charge in [0.05, 0.1) is 6.61 Å². The van der Waals surface area contributed by atoms with Crippen molar-refractivity contribution in [3.05, 3.63) is 40.7 Å². The van der Waals surface area contributed by atoms with Gasteiger partial charge in [0, 0.05) is 6.42 Å². The van der Waals surface area contributed by atoms with E-state index in [9.17, 15) is 9.18 Å². The van der Waals surface area contributed by atoms with E-state index < -0.39 is 6.09 Å². The molecule has 0 saturated heterocycles. The number of nitrogens with zero attached hydrogens (tertiary/aromatic N) is 2. The molecule has 1 amide bonds. The molecular formula is C14H16FN3O2S. The van der Waals surface area contributed by atoms with E-state index in [4.69, 9.17) is 4.74 Å². The van der Waals surface area contributed by atoms with Crippen LogP contribution in [0.3, 0.4) is 0 Å². The number of hydrogen-bond acceptors (Lipinski definition) is 5. The zero-order valence-corrected chi connectivity index (χ0v) is 12.6. The highest BCUT2D eigenvalue weighted by atomic mass is 32.1. The third-order valence-corrected chi connectivity index (χ3v) is 3.36. The SMILES string of the molecule is CC(C)COC(=O)Nc1nnc(Cc2ccccc2F)s1. The second kappa shape index (κ2) is 7.12. The molecular weight excluding hydrogens is 293 g/mol. The fourth-order valence-corrected chi connectivity index (χ4v) is 2.29. The topological polar surface area (TPSA) is 64.1 Å². The lowest BCUT2D eigenvalue weighted by molar-refractivity contribution is 0.147. The molecule has 0 aliphatic carbocycles. The summed E-state index contributed by atoms with van der Waals surface area (Å²) >= 11 is 1.20. The second-order valence-corrected chi connectivity index (χ2v) is 5.95. The largest absolute Gasteiger partial charge is 0.449 e. The van der Waals surface area contributed by atoms with Gasteiger partial charge in [-0.15, -0.1) is 10.2 Å². The van der Waals surface area contributed by atoms with Crippen molar-refractivity contribution < 1.29 is 13.9 Å². The van der Waals surface area contributed by atoms with Crippen molar-refractivity contribution in [1.29, 1.82) is 0 Å². The van der Waals surface area contributed by atoms with Crippen LogP contribution in [0.25, 0.3) is 0 Å². The van der Waals surface area contributed by atoms with Crippen LogP contribution in [0, 0.1) is 11.7 Å². The van der Waals surface area contributed by atoms with Crippen LogP contribution in [0.1, 0.15) is 24.4 Å². The standard InChI is InChI=1S/C14H16FN3O2S/c1-9(2)8-20-14(19)16-13-18-17-12(21-13)7-10-5-3-4-6-11(10)15/h3-6,9H,7-8H2,1-2H3,(H,16,18,19). The molecule has 1 N–H and O–H groups in total. The fraction of sp³-hybridized carbons (Fsp3) is 0.357. The first-order valence-electron chi connectivity index (χ1n) is 6.54. The van der Waals surface area contributed by atoms with Gasteiger partial charge >= 0.3 is 6.09 Å². The van der Waals surface area contributed by atoms with Crippen LogP contribution >= 0.6 is 11.3 Å². The van der Waals surface area contributed by atoms with E-state index >= 15 is 0 Å². The molecule has 0 aliphatic rings. The maximum atomic E-state index is 13.5. The van der Waals surface area contributed by atoms with Crippen molar-refractivity contribution in [3.8, 4) is 0 Å². The van der Waals surface area contributed by atoms with E-state index in [1.54, 1.807) is 18.2 Å². The maximum Gasteiger partial charge on any atom is 0.413 e. The number of rotatable bonds is 5. The Morgan fingerprint density at radius 1 is 1.38 bits per heavy atom. The van der Waals surface area contributed by atoms with Crippen LogP contribution in [0.4, 0.5) is 14.3 Å². The highest BCUT2D eigenvalue weighted by Crippen LogP contribution is 2.20. The molecule has 0 bridgehead atoms. The predicted molar refractivity (Wildman–Crippen MR) is 78.9 cm³/mol. The summed E-state index contributed by atoms with van der Waals surface area (Å²) in [6, 6.07) is 6.50. The van der Waals surface area contributed by atoms with Crippen molar-refractivity contribution in [2.75, 3.05) is 11.9 Å². The van der Waals surface area contributed by atoms with E-state index in [0.29, 0.717) is 28.7 Å². The maximum absolute atomic E-state index is 13.5. The van der Waals surface area contributed by atoms with Gasteiger partial charge in [-0.05, 0) is 17.5 Å². The lowest BCUT2D eigenvalue weighted by Gasteiger charge is -2.06. The fourth-order valence-electron chi connectivity index (χ4n) is 1.55. The molecule has 1 aromatic carbocycles. The Hall–Kier alpha value is -2.02. The van der Waals surface area contributed by atoms with Crippen molar-refractivity contribution in [2.45, 2.75) is 20.3 Å². The number of aromatic nitrogens is 2. The zero-order chi connectivity index (χ0) is 15.2. The van der Waals surface area contributed by atoms with Gasteiger partial charge in [0.2, 0.25) is 5.13 Å².